The van der Waals surface area contributed by atoms with E-state index in [0.717, 1.165) is 21.3 Å². The van der Waals surface area contributed by atoms with Crippen LogP contribution in [0.2, 0.25) is 0 Å². The number of nitrogens with one attached hydrogen (secondary N) is 1. The molecule has 0 heterocycles. The van der Waals surface area contributed by atoms with Crippen molar-refractivity contribution in [3.63, 3.8) is 0 Å². The second-order valence-corrected chi connectivity index (χ2v) is 5.77. The summed E-state index contributed by atoms with van der Waals surface area (Å²) in [6, 6.07) is 8.20. The molecule has 0 aliphatic rings. The predicted molar refractivity (Wildman–Crippen MR) is 84.3 cm³/mol. The van der Waals surface area contributed by atoms with Crippen molar-refractivity contribution in [3.05, 3.63) is 62.9 Å². The van der Waals surface area contributed by atoms with Crippen LogP contribution in [0.15, 0.2) is 34.8 Å². The second-order valence-electron chi connectivity index (χ2n) is 4.91. The molecule has 0 unspecified atom stereocenters. The number of aromatic carboxylic acids is 1. The van der Waals surface area contributed by atoms with Gasteiger partial charge in [-0.15, -0.1) is 0 Å². The van der Waals surface area contributed by atoms with Gasteiger partial charge in [-0.2, -0.15) is 0 Å². The third-order valence-corrected chi connectivity index (χ3v) is 3.79. The maximum atomic E-state index is 13.6. The van der Waals surface area contributed by atoms with E-state index in [1.165, 1.54) is 12.1 Å². The number of carbonyl (C=O) groups is 1. The third kappa shape index (κ3) is 3.61. The lowest BCUT2D eigenvalue weighted by Crippen LogP contribution is -2.05. The molecule has 0 radical (unpaired) electrons. The van der Waals surface area contributed by atoms with E-state index in [9.17, 15) is 9.18 Å². The lowest BCUT2D eigenvalue weighted by atomic mass is 10.1. The number of carboxylic acid groups (broad SMARTS) is 1. The molecule has 0 amide bonds. The van der Waals surface area contributed by atoms with Gasteiger partial charge in [-0.1, -0.05) is 12.1 Å². The van der Waals surface area contributed by atoms with E-state index in [1.54, 1.807) is 6.07 Å². The summed E-state index contributed by atoms with van der Waals surface area (Å²) in [5.74, 6) is -1.98. The molecule has 0 aliphatic heterocycles. The Morgan fingerprint density at radius 2 is 2.00 bits per heavy atom. The van der Waals surface area contributed by atoms with Crippen LogP contribution in [0.4, 0.5) is 10.1 Å². The van der Waals surface area contributed by atoms with Crippen LogP contribution in [0, 0.1) is 19.7 Å². The van der Waals surface area contributed by atoms with E-state index in [-0.39, 0.29) is 5.56 Å². The maximum absolute atomic E-state index is 13.6. The molecule has 0 bridgehead atoms. The van der Waals surface area contributed by atoms with Gasteiger partial charge in [0.05, 0.1) is 11.3 Å². The average molecular weight is 352 g/mol. The van der Waals surface area contributed by atoms with E-state index in [0.29, 0.717) is 12.1 Å². The van der Waals surface area contributed by atoms with Gasteiger partial charge >= 0.3 is 5.97 Å². The number of hydrogen-bond acceptors (Lipinski definition) is 2. The highest BCUT2D eigenvalue weighted by atomic mass is 79.9. The van der Waals surface area contributed by atoms with Gasteiger partial charge in [0, 0.05) is 11.0 Å². The summed E-state index contributed by atoms with van der Waals surface area (Å²) in [5, 5.41) is 12.0. The first-order valence-corrected chi connectivity index (χ1v) is 7.20. The minimum atomic E-state index is -1.26. The Bertz CT molecular complexity index is 678. The summed E-state index contributed by atoms with van der Waals surface area (Å²) in [4.78, 5) is 10.8. The first kappa shape index (κ1) is 15.5. The van der Waals surface area contributed by atoms with Gasteiger partial charge < -0.3 is 10.4 Å². The molecule has 21 heavy (non-hydrogen) atoms. The molecule has 5 heteroatoms. The van der Waals surface area contributed by atoms with Gasteiger partial charge in [0.15, 0.2) is 0 Å². The average Bonchev–Trinajstić information content (AvgIpc) is 2.36. The largest absolute Gasteiger partial charge is 0.478 e. The Morgan fingerprint density at radius 1 is 1.29 bits per heavy atom. The molecular weight excluding hydrogens is 337 g/mol. The summed E-state index contributed by atoms with van der Waals surface area (Å²) >= 11 is 3.50. The van der Waals surface area contributed by atoms with Crippen molar-refractivity contribution in [2.24, 2.45) is 0 Å². The standard InChI is InChI=1S/C16H15BrFNO2/c1-9-5-10(2)15(13(17)6-9)19-8-11-3-4-12(16(20)21)14(18)7-11/h3-7,19H,8H2,1-2H3,(H,20,21). The summed E-state index contributed by atoms with van der Waals surface area (Å²) in [6.45, 7) is 4.43. The van der Waals surface area contributed by atoms with Crippen LogP contribution in [0.3, 0.4) is 0 Å². The number of carboxylic acids is 1. The van der Waals surface area contributed by atoms with Crippen molar-refractivity contribution < 1.29 is 14.3 Å². The van der Waals surface area contributed by atoms with Gasteiger partial charge in [0.1, 0.15) is 5.82 Å². The van der Waals surface area contributed by atoms with Crippen molar-refractivity contribution in [2.45, 2.75) is 20.4 Å². The lowest BCUT2D eigenvalue weighted by molar-refractivity contribution is 0.0692. The zero-order valence-corrected chi connectivity index (χ0v) is 13.3. The highest BCUT2D eigenvalue weighted by molar-refractivity contribution is 9.10. The van der Waals surface area contributed by atoms with Crippen LogP contribution in [0.25, 0.3) is 0 Å². The monoisotopic (exact) mass is 351 g/mol. The fourth-order valence-corrected chi connectivity index (χ4v) is 2.99. The van der Waals surface area contributed by atoms with Gasteiger partial charge in [0.2, 0.25) is 0 Å². The molecule has 2 aromatic rings. The van der Waals surface area contributed by atoms with Crippen molar-refractivity contribution in [1.29, 1.82) is 0 Å². The van der Waals surface area contributed by atoms with E-state index >= 15 is 0 Å². The van der Waals surface area contributed by atoms with Gasteiger partial charge in [-0.05, 0) is 64.7 Å². The zero-order valence-electron chi connectivity index (χ0n) is 11.7. The zero-order chi connectivity index (χ0) is 15.6. The number of anilines is 1. The molecule has 0 saturated carbocycles. The number of rotatable bonds is 4. The van der Waals surface area contributed by atoms with Crippen molar-refractivity contribution in [2.75, 3.05) is 5.32 Å². The van der Waals surface area contributed by atoms with Crippen LogP contribution in [0.5, 0.6) is 0 Å². The first-order chi connectivity index (χ1) is 9.88. The Hall–Kier alpha value is -1.88. The maximum Gasteiger partial charge on any atom is 0.338 e. The molecular formula is C16H15BrFNO2. The fourth-order valence-electron chi connectivity index (χ4n) is 2.17. The SMILES string of the molecule is Cc1cc(C)c(NCc2ccc(C(=O)O)c(F)c2)c(Br)c1. The minimum Gasteiger partial charge on any atom is -0.478 e. The molecule has 0 aliphatic carbocycles. The van der Waals surface area contributed by atoms with E-state index in [2.05, 4.69) is 27.3 Å². The smallest absolute Gasteiger partial charge is 0.338 e. The topological polar surface area (TPSA) is 49.3 Å². The number of hydrogen-bond donors (Lipinski definition) is 2. The highest BCUT2D eigenvalue weighted by Crippen LogP contribution is 2.28. The third-order valence-electron chi connectivity index (χ3n) is 3.16. The fraction of sp³-hybridized carbons (Fsp3) is 0.188. The summed E-state index contributed by atoms with van der Waals surface area (Å²) in [5.41, 5.74) is 3.56. The minimum absolute atomic E-state index is 0.313. The van der Waals surface area contributed by atoms with E-state index < -0.39 is 11.8 Å². The molecule has 0 fully saturated rings. The van der Waals surface area contributed by atoms with Crippen molar-refractivity contribution in [1.82, 2.24) is 0 Å². The summed E-state index contributed by atoms with van der Waals surface area (Å²) < 4.78 is 14.6. The van der Waals surface area contributed by atoms with Crippen molar-refractivity contribution in [3.8, 4) is 0 Å². The van der Waals surface area contributed by atoms with Crippen LogP contribution in [-0.2, 0) is 6.54 Å². The second kappa shape index (κ2) is 6.26. The van der Waals surface area contributed by atoms with Gasteiger partial charge in [0.25, 0.3) is 0 Å². The summed E-state index contributed by atoms with van der Waals surface area (Å²) in [6.07, 6.45) is 0. The van der Waals surface area contributed by atoms with Crippen LogP contribution >= 0.6 is 15.9 Å². The lowest BCUT2D eigenvalue weighted by Gasteiger charge is -2.13. The molecule has 0 atom stereocenters. The van der Waals surface area contributed by atoms with Crippen LogP contribution < -0.4 is 5.32 Å². The van der Waals surface area contributed by atoms with Crippen LogP contribution in [-0.4, -0.2) is 11.1 Å². The van der Waals surface area contributed by atoms with E-state index in [4.69, 9.17) is 5.11 Å². The first-order valence-electron chi connectivity index (χ1n) is 6.41. The normalized spacial score (nSPS) is 10.5. The molecule has 0 aromatic heterocycles. The highest BCUT2D eigenvalue weighted by Gasteiger charge is 2.11. The summed E-state index contributed by atoms with van der Waals surface area (Å²) in [7, 11) is 0. The molecule has 110 valence electrons. The molecule has 3 nitrogen and oxygen atoms in total. The molecule has 0 saturated heterocycles. The van der Waals surface area contributed by atoms with Crippen LogP contribution in [0.1, 0.15) is 27.0 Å². The van der Waals surface area contributed by atoms with Crippen molar-refractivity contribution >= 4 is 27.6 Å². The molecule has 0 spiro atoms. The molecule has 2 rings (SSSR count). The Morgan fingerprint density at radius 3 is 2.57 bits per heavy atom. The Labute approximate surface area is 130 Å². The quantitative estimate of drug-likeness (QED) is 0.851. The van der Waals surface area contributed by atoms with Gasteiger partial charge in [-0.25, -0.2) is 9.18 Å². The Kier molecular flexibility index (Phi) is 4.63. The molecule has 2 N–H and O–H groups in total. The Balaban J connectivity index is 2.17. The number of aryl methyl sites for hydroxylation is 2. The predicted octanol–water partition coefficient (Wildman–Crippen LogP) is 4.52. The number of halogens is 2. The van der Waals surface area contributed by atoms with Gasteiger partial charge in [-0.3, -0.25) is 0 Å². The van der Waals surface area contributed by atoms with E-state index in [1.807, 2.05) is 19.9 Å². The number of benzene rings is 2. The molecule has 2 aromatic carbocycles.